The van der Waals surface area contributed by atoms with Gasteiger partial charge >= 0.3 is 0 Å². The maximum atomic E-state index is 5.49. The second-order valence-corrected chi connectivity index (χ2v) is 3.25. The normalized spacial score (nSPS) is 22.4. The molecule has 0 aromatic carbocycles. The molecule has 1 aliphatic heterocycles. The minimum atomic E-state index is 0.161. The van der Waals surface area contributed by atoms with Crippen LogP contribution < -0.4 is 5.32 Å². The summed E-state index contributed by atoms with van der Waals surface area (Å²) < 4.78 is 10.6. The highest BCUT2D eigenvalue weighted by atomic mass is 16.5. The summed E-state index contributed by atoms with van der Waals surface area (Å²) in [6.07, 6.45) is 2.35. The maximum Gasteiger partial charge on any atom is 0.150 e. The molecule has 1 unspecified atom stereocenters. The summed E-state index contributed by atoms with van der Waals surface area (Å²) in [6.45, 7) is 1.57. The van der Waals surface area contributed by atoms with Gasteiger partial charge in [0.25, 0.3) is 0 Å². The fourth-order valence-corrected chi connectivity index (χ4v) is 1.55. The van der Waals surface area contributed by atoms with E-state index in [0.717, 1.165) is 37.4 Å². The molecule has 72 valence electrons. The van der Waals surface area contributed by atoms with Crippen LogP contribution in [0.15, 0.2) is 10.6 Å². The van der Waals surface area contributed by atoms with Crippen molar-refractivity contribution in [3.8, 4) is 0 Å². The molecule has 0 radical (unpaired) electrons. The first-order chi connectivity index (χ1) is 6.40. The lowest BCUT2D eigenvalue weighted by molar-refractivity contribution is 0.105. The SMILES string of the molecule is CNCc1cc(C2CCCO2)no1. The summed E-state index contributed by atoms with van der Waals surface area (Å²) in [6, 6.07) is 1.96. The van der Waals surface area contributed by atoms with Gasteiger partial charge in [-0.15, -0.1) is 0 Å². The van der Waals surface area contributed by atoms with Crippen LogP contribution in [0.5, 0.6) is 0 Å². The third-order valence-electron chi connectivity index (χ3n) is 2.19. The van der Waals surface area contributed by atoms with Gasteiger partial charge < -0.3 is 14.6 Å². The predicted octanol–water partition coefficient (Wildman–Crippen LogP) is 1.25. The van der Waals surface area contributed by atoms with Gasteiger partial charge in [0.2, 0.25) is 0 Å². The number of rotatable bonds is 3. The molecule has 4 heteroatoms. The quantitative estimate of drug-likeness (QED) is 0.764. The Morgan fingerprint density at radius 2 is 2.62 bits per heavy atom. The molecule has 0 saturated carbocycles. The first kappa shape index (κ1) is 8.72. The van der Waals surface area contributed by atoms with Crippen molar-refractivity contribution < 1.29 is 9.26 Å². The van der Waals surface area contributed by atoms with Crippen LogP contribution in [0, 0.1) is 0 Å². The van der Waals surface area contributed by atoms with Crippen molar-refractivity contribution in [2.24, 2.45) is 0 Å². The van der Waals surface area contributed by atoms with Gasteiger partial charge in [0, 0.05) is 12.7 Å². The van der Waals surface area contributed by atoms with Crippen LogP contribution in [0.25, 0.3) is 0 Å². The fraction of sp³-hybridized carbons (Fsp3) is 0.667. The zero-order chi connectivity index (χ0) is 9.10. The van der Waals surface area contributed by atoms with Gasteiger partial charge in [-0.05, 0) is 19.9 Å². The monoisotopic (exact) mass is 182 g/mol. The highest BCUT2D eigenvalue weighted by molar-refractivity contribution is 5.09. The van der Waals surface area contributed by atoms with Gasteiger partial charge in [0.1, 0.15) is 11.8 Å². The summed E-state index contributed by atoms with van der Waals surface area (Å²) in [5.41, 5.74) is 0.933. The topological polar surface area (TPSA) is 47.3 Å². The van der Waals surface area contributed by atoms with Gasteiger partial charge in [-0.2, -0.15) is 0 Å². The van der Waals surface area contributed by atoms with Crippen LogP contribution in [-0.2, 0) is 11.3 Å². The molecule has 0 aliphatic carbocycles. The second-order valence-electron chi connectivity index (χ2n) is 3.25. The van der Waals surface area contributed by atoms with Crippen LogP contribution in [-0.4, -0.2) is 18.8 Å². The van der Waals surface area contributed by atoms with Crippen LogP contribution >= 0.6 is 0 Å². The predicted molar refractivity (Wildman–Crippen MR) is 47.2 cm³/mol. The van der Waals surface area contributed by atoms with Gasteiger partial charge in [0.15, 0.2) is 5.76 Å². The average Bonchev–Trinajstić information content (AvgIpc) is 2.70. The third-order valence-corrected chi connectivity index (χ3v) is 2.19. The Balaban J connectivity index is 2.03. The third kappa shape index (κ3) is 1.89. The van der Waals surface area contributed by atoms with E-state index in [4.69, 9.17) is 9.26 Å². The van der Waals surface area contributed by atoms with E-state index < -0.39 is 0 Å². The van der Waals surface area contributed by atoms with Gasteiger partial charge in [-0.3, -0.25) is 0 Å². The van der Waals surface area contributed by atoms with Gasteiger partial charge in [0.05, 0.1) is 6.54 Å². The van der Waals surface area contributed by atoms with Crippen LogP contribution in [0.2, 0.25) is 0 Å². The van der Waals surface area contributed by atoms with E-state index in [-0.39, 0.29) is 6.10 Å². The molecule has 4 nitrogen and oxygen atoms in total. The minimum absolute atomic E-state index is 0.161. The first-order valence-electron chi connectivity index (χ1n) is 4.62. The lowest BCUT2D eigenvalue weighted by Gasteiger charge is -2.01. The zero-order valence-electron chi connectivity index (χ0n) is 7.75. The molecule has 1 aliphatic rings. The average molecular weight is 182 g/mol. The Morgan fingerprint density at radius 3 is 3.31 bits per heavy atom. The lowest BCUT2D eigenvalue weighted by atomic mass is 10.2. The number of aromatic nitrogens is 1. The summed E-state index contributed by atoms with van der Waals surface area (Å²) in [7, 11) is 1.88. The summed E-state index contributed by atoms with van der Waals surface area (Å²) in [4.78, 5) is 0. The number of hydrogen-bond acceptors (Lipinski definition) is 4. The molecule has 1 atom stereocenters. The molecule has 2 rings (SSSR count). The Hall–Kier alpha value is -0.870. The molecule has 0 bridgehead atoms. The number of nitrogens with one attached hydrogen (secondary N) is 1. The van der Waals surface area contributed by atoms with E-state index >= 15 is 0 Å². The standard InChI is InChI=1S/C9H14N2O2/c1-10-6-7-5-8(11-13-7)9-3-2-4-12-9/h5,9-10H,2-4,6H2,1H3. The Morgan fingerprint density at radius 1 is 1.69 bits per heavy atom. The summed E-state index contributed by atoms with van der Waals surface area (Å²) in [5.74, 6) is 0.869. The Kier molecular flexibility index (Phi) is 2.61. The van der Waals surface area contributed by atoms with Crippen molar-refractivity contribution >= 4 is 0 Å². The molecule has 0 spiro atoms. The lowest BCUT2D eigenvalue weighted by Crippen LogP contribution is -2.03. The van der Waals surface area contributed by atoms with E-state index in [1.54, 1.807) is 0 Å². The molecule has 1 fully saturated rings. The molecule has 1 aromatic rings. The fourth-order valence-electron chi connectivity index (χ4n) is 1.55. The maximum absolute atomic E-state index is 5.49. The van der Waals surface area contributed by atoms with Crippen molar-refractivity contribution in [3.63, 3.8) is 0 Å². The molecular weight excluding hydrogens is 168 g/mol. The van der Waals surface area contributed by atoms with E-state index in [0.29, 0.717) is 0 Å². The highest BCUT2D eigenvalue weighted by Crippen LogP contribution is 2.27. The molecule has 1 aromatic heterocycles. The molecule has 2 heterocycles. The highest BCUT2D eigenvalue weighted by Gasteiger charge is 2.21. The van der Waals surface area contributed by atoms with Crippen molar-refractivity contribution in [3.05, 3.63) is 17.5 Å². The molecule has 1 N–H and O–H groups in total. The Labute approximate surface area is 77.2 Å². The number of nitrogens with zero attached hydrogens (tertiary/aromatic N) is 1. The van der Waals surface area contributed by atoms with Crippen molar-refractivity contribution in [1.29, 1.82) is 0 Å². The van der Waals surface area contributed by atoms with Gasteiger partial charge in [-0.25, -0.2) is 0 Å². The molecule has 1 saturated heterocycles. The van der Waals surface area contributed by atoms with Crippen LogP contribution in [0.4, 0.5) is 0 Å². The first-order valence-corrected chi connectivity index (χ1v) is 4.62. The smallest absolute Gasteiger partial charge is 0.150 e. The van der Waals surface area contributed by atoms with E-state index in [1.165, 1.54) is 0 Å². The number of hydrogen-bond donors (Lipinski definition) is 1. The van der Waals surface area contributed by atoms with E-state index in [1.807, 2.05) is 13.1 Å². The molecular formula is C9H14N2O2. The minimum Gasteiger partial charge on any atom is -0.372 e. The second kappa shape index (κ2) is 3.89. The largest absolute Gasteiger partial charge is 0.372 e. The van der Waals surface area contributed by atoms with Gasteiger partial charge in [-0.1, -0.05) is 5.16 Å². The van der Waals surface area contributed by atoms with Crippen molar-refractivity contribution in [2.45, 2.75) is 25.5 Å². The summed E-state index contributed by atoms with van der Waals surface area (Å²) in [5, 5.41) is 6.99. The van der Waals surface area contributed by atoms with Crippen LogP contribution in [0.3, 0.4) is 0 Å². The molecule has 13 heavy (non-hydrogen) atoms. The zero-order valence-corrected chi connectivity index (χ0v) is 7.75. The summed E-state index contributed by atoms with van der Waals surface area (Å²) >= 11 is 0. The van der Waals surface area contributed by atoms with Crippen molar-refractivity contribution in [2.75, 3.05) is 13.7 Å². The van der Waals surface area contributed by atoms with Crippen LogP contribution in [0.1, 0.15) is 30.4 Å². The molecule has 0 amide bonds. The Bertz CT molecular complexity index is 266. The van der Waals surface area contributed by atoms with E-state index in [9.17, 15) is 0 Å². The number of ether oxygens (including phenoxy) is 1. The van der Waals surface area contributed by atoms with E-state index in [2.05, 4.69) is 10.5 Å². The van der Waals surface area contributed by atoms with Crippen molar-refractivity contribution in [1.82, 2.24) is 10.5 Å².